The third-order valence-electron chi connectivity index (χ3n) is 5.25. The van der Waals surface area contributed by atoms with Crippen LogP contribution in [0.15, 0.2) is 66.7 Å². The molecule has 0 amide bonds. The van der Waals surface area contributed by atoms with Crippen LogP contribution in [0.2, 0.25) is 0 Å². The minimum atomic E-state index is -0.780. The van der Waals surface area contributed by atoms with E-state index in [4.69, 9.17) is 14.2 Å². The summed E-state index contributed by atoms with van der Waals surface area (Å²) in [5.41, 5.74) is 2.73. The van der Waals surface area contributed by atoms with Crippen LogP contribution in [0.5, 0.6) is 17.2 Å². The lowest BCUT2D eigenvalue weighted by atomic mass is 9.96. The summed E-state index contributed by atoms with van der Waals surface area (Å²) in [5, 5.41) is 12.5. The van der Waals surface area contributed by atoms with Gasteiger partial charge in [0.2, 0.25) is 0 Å². The minimum Gasteiger partial charge on any atom is -0.497 e. The van der Waals surface area contributed by atoms with Crippen molar-refractivity contribution >= 4 is 21.4 Å². The first-order chi connectivity index (χ1) is 15.5. The maximum absolute atomic E-state index is 11.5. The van der Waals surface area contributed by atoms with Gasteiger partial charge in [0.15, 0.2) is 0 Å². The molecule has 1 unspecified atom stereocenters. The molecule has 1 heterocycles. The molecule has 32 heavy (non-hydrogen) atoms. The first kappa shape index (κ1) is 22.1. The van der Waals surface area contributed by atoms with E-state index in [1.807, 2.05) is 85.7 Å². The predicted octanol–water partition coefficient (Wildman–Crippen LogP) is 5.57. The molecule has 1 aromatic heterocycles. The molecule has 5 nitrogen and oxygen atoms in total. The third kappa shape index (κ3) is 4.58. The Bertz CT molecular complexity index is 1180. The molecular formula is C26H27NO4S. The number of fused-ring (bicyclic) bond motifs is 1. The summed E-state index contributed by atoms with van der Waals surface area (Å²) in [4.78, 5) is 2.98. The van der Waals surface area contributed by atoms with Gasteiger partial charge in [-0.3, -0.25) is 4.90 Å². The molecule has 3 aromatic carbocycles. The quantitative estimate of drug-likeness (QED) is 0.357. The van der Waals surface area contributed by atoms with Crippen LogP contribution < -0.4 is 14.2 Å². The zero-order valence-corrected chi connectivity index (χ0v) is 19.5. The fourth-order valence-electron chi connectivity index (χ4n) is 3.57. The molecule has 0 aliphatic rings. The van der Waals surface area contributed by atoms with Crippen LogP contribution in [0.3, 0.4) is 0 Å². The highest BCUT2D eigenvalue weighted by atomic mass is 32.1. The van der Waals surface area contributed by atoms with Gasteiger partial charge in [-0.1, -0.05) is 12.1 Å². The number of aliphatic hydroxyl groups is 1. The van der Waals surface area contributed by atoms with E-state index in [9.17, 15) is 5.11 Å². The molecule has 4 aromatic rings. The number of methoxy groups -OCH3 is 2. The molecule has 0 aliphatic carbocycles. The number of hydrogen-bond donors (Lipinski definition) is 1. The lowest BCUT2D eigenvalue weighted by molar-refractivity contribution is 0.179. The second-order valence-corrected chi connectivity index (χ2v) is 8.81. The van der Waals surface area contributed by atoms with E-state index in [0.29, 0.717) is 6.73 Å². The fraction of sp³-hybridized carbons (Fsp3) is 0.231. The number of hydrogen-bond acceptors (Lipinski definition) is 6. The Labute approximate surface area is 192 Å². The number of nitrogens with zero attached hydrogens (tertiary/aromatic N) is 1. The molecule has 1 atom stereocenters. The van der Waals surface area contributed by atoms with Gasteiger partial charge in [0.1, 0.15) is 30.1 Å². The van der Waals surface area contributed by atoms with Gasteiger partial charge in [-0.25, -0.2) is 0 Å². The molecule has 0 spiro atoms. The highest BCUT2D eigenvalue weighted by Gasteiger charge is 2.22. The van der Waals surface area contributed by atoms with Crippen LogP contribution in [-0.2, 0) is 0 Å². The van der Waals surface area contributed by atoms with Crippen molar-refractivity contribution < 1.29 is 19.3 Å². The van der Waals surface area contributed by atoms with E-state index in [-0.39, 0.29) is 0 Å². The third-order valence-corrected chi connectivity index (χ3v) is 6.46. The summed E-state index contributed by atoms with van der Waals surface area (Å²) in [5.74, 6) is 2.36. The normalized spacial score (nSPS) is 12.2. The van der Waals surface area contributed by atoms with Crippen LogP contribution in [0.1, 0.15) is 17.2 Å². The van der Waals surface area contributed by atoms with Crippen molar-refractivity contribution in [3.05, 3.63) is 77.9 Å². The Kier molecular flexibility index (Phi) is 6.65. The van der Waals surface area contributed by atoms with Crippen molar-refractivity contribution in [3.63, 3.8) is 0 Å². The first-order valence-corrected chi connectivity index (χ1v) is 11.1. The molecule has 4 rings (SSSR count). The van der Waals surface area contributed by atoms with Gasteiger partial charge in [-0.15, -0.1) is 11.3 Å². The predicted molar refractivity (Wildman–Crippen MR) is 130 cm³/mol. The van der Waals surface area contributed by atoms with Crippen LogP contribution in [0.25, 0.3) is 20.5 Å². The minimum absolute atomic E-state index is 0.501. The molecule has 0 saturated heterocycles. The molecule has 0 fully saturated rings. The van der Waals surface area contributed by atoms with E-state index >= 15 is 0 Å². The number of benzene rings is 3. The maximum Gasteiger partial charge on any atom is 0.141 e. The highest BCUT2D eigenvalue weighted by molar-refractivity contribution is 7.22. The summed E-state index contributed by atoms with van der Waals surface area (Å²) >= 11 is 1.65. The average molecular weight is 450 g/mol. The Hall–Kier alpha value is -3.06. The molecule has 0 bridgehead atoms. The van der Waals surface area contributed by atoms with E-state index in [1.54, 1.807) is 25.6 Å². The lowest BCUT2D eigenvalue weighted by Gasteiger charge is -2.16. The monoisotopic (exact) mass is 449 g/mol. The van der Waals surface area contributed by atoms with E-state index in [1.165, 1.54) is 0 Å². The van der Waals surface area contributed by atoms with Crippen molar-refractivity contribution in [2.24, 2.45) is 0 Å². The largest absolute Gasteiger partial charge is 0.497 e. The van der Waals surface area contributed by atoms with Crippen molar-refractivity contribution in [3.8, 4) is 27.7 Å². The number of rotatable bonds is 8. The van der Waals surface area contributed by atoms with Gasteiger partial charge in [-0.05, 0) is 85.2 Å². The Morgan fingerprint density at radius 2 is 1.47 bits per heavy atom. The number of aliphatic hydroxyl groups excluding tert-OH is 1. The zero-order valence-electron chi connectivity index (χ0n) is 18.7. The van der Waals surface area contributed by atoms with E-state index in [0.717, 1.165) is 48.9 Å². The summed E-state index contributed by atoms with van der Waals surface area (Å²) in [6.45, 7) is 0.501. The standard InChI is InChI=1S/C26H27NO4S/c1-27(2)16-31-20-11-5-17(6-12-20)25(28)24-22-14-13-21(30-4)15-23(22)32-26(24)18-7-9-19(29-3)10-8-18/h5-15,25,28H,16H2,1-4H3. The SMILES string of the molecule is COc1ccc(-c2sc3cc(OC)ccc3c2C(O)c2ccc(OCN(C)C)cc2)cc1. The van der Waals surface area contributed by atoms with Crippen LogP contribution in [-0.4, -0.2) is 45.1 Å². The second-order valence-electron chi connectivity index (χ2n) is 7.76. The molecule has 0 saturated carbocycles. The van der Waals surface area contributed by atoms with Gasteiger partial charge >= 0.3 is 0 Å². The van der Waals surface area contributed by atoms with Crippen LogP contribution >= 0.6 is 11.3 Å². The molecule has 166 valence electrons. The number of ether oxygens (including phenoxy) is 3. The number of thiophene rings is 1. The van der Waals surface area contributed by atoms with Gasteiger partial charge in [0, 0.05) is 15.1 Å². The summed E-state index contributed by atoms with van der Waals surface area (Å²) in [6, 6.07) is 21.5. The van der Waals surface area contributed by atoms with Crippen molar-refractivity contribution in [1.29, 1.82) is 0 Å². The molecule has 0 aliphatic heterocycles. The molecule has 6 heteroatoms. The fourth-order valence-corrected chi connectivity index (χ4v) is 4.84. The van der Waals surface area contributed by atoms with Gasteiger partial charge in [0.05, 0.1) is 14.2 Å². The van der Waals surface area contributed by atoms with Crippen molar-refractivity contribution in [2.45, 2.75) is 6.10 Å². The average Bonchev–Trinajstić information content (AvgIpc) is 3.21. The summed E-state index contributed by atoms with van der Waals surface area (Å²) < 4.78 is 17.5. The topological polar surface area (TPSA) is 51.2 Å². The van der Waals surface area contributed by atoms with Crippen LogP contribution in [0.4, 0.5) is 0 Å². The van der Waals surface area contributed by atoms with Crippen LogP contribution in [0, 0.1) is 0 Å². The Morgan fingerprint density at radius 1 is 0.844 bits per heavy atom. The first-order valence-electron chi connectivity index (χ1n) is 10.3. The van der Waals surface area contributed by atoms with Gasteiger partial charge in [-0.2, -0.15) is 0 Å². The molecule has 0 radical (unpaired) electrons. The highest BCUT2D eigenvalue weighted by Crippen LogP contribution is 2.45. The maximum atomic E-state index is 11.5. The van der Waals surface area contributed by atoms with Gasteiger partial charge in [0.25, 0.3) is 0 Å². The van der Waals surface area contributed by atoms with Gasteiger partial charge < -0.3 is 19.3 Å². The van der Waals surface area contributed by atoms with Crippen molar-refractivity contribution in [2.75, 3.05) is 35.0 Å². The Morgan fingerprint density at radius 3 is 2.09 bits per heavy atom. The van der Waals surface area contributed by atoms with E-state index < -0.39 is 6.10 Å². The second kappa shape index (κ2) is 9.61. The molecule has 1 N–H and O–H groups in total. The summed E-state index contributed by atoms with van der Waals surface area (Å²) in [7, 11) is 7.22. The van der Waals surface area contributed by atoms with Crippen molar-refractivity contribution in [1.82, 2.24) is 4.90 Å². The lowest BCUT2D eigenvalue weighted by Crippen LogP contribution is -2.18. The van der Waals surface area contributed by atoms with E-state index in [2.05, 4.69) is 0 Å². The summed E-state index contributed by atoms with van der Waals surface area (Å²) in [6.07, 6.45) is -0.780. The smallest absolute Gasteiger partial charge is 0.141 e. The molecular weight excluding hydrogens is 422 g/mol. The Balaban J connectivity index is 1.76. The zero-order chi connectivity index (χ0) is 22.7.